The van der Waals surface area contributed by atoms with E-state index >= 15 is 0 Å². The average molecular weight is 349 g/mol. The summed E-state index contributed by atoms with van der Waals surface area (Å²) in [6.07, 6.45) is 3.26. The van der Waals surface area contributed by atoms with Gasteiger partial charge in [0.25, 0.3) is 5.91 Å². The molecule has 3 rings (SSSR count). The number of aromatic nitrogens is 3. The third-order valence-corrected chi connectivity index (χ3v) is 3.48. The van der Waals surface area contributed by atoms with Gasteiger partial charge in [0.2, 0.25) is 5.95 Å². The van der Waals surface area contributed by atoms with Crippen molar-refractivity contribution in [2.24, 2.45) is 0 Å². The Hall–Kier alpha value is -3.48. The zero-order valence-electron chi connectivity index (χ0n) is 14.3. The smallest absolute Gasteiger partial charge is 0.274 e. The predicted molar refractivity (Wildman–Crippen MR) is 99.2 cm³/mol. The lowest BCUT2D eigenvalue weighted by molar-refractivity contribution is 0.102. The number of anilines is 2. The minimum atomic E-state index is -0.333. The number of benzene rings is 1. The van der Waals surface area contributed by atoms with Gasteiger partial charge in [-0.1, -0.05) is 18.2 Å². The summed E-state index contributed by atoms with van der Waals surface area (Å²) in [7, 11) is 0. The second kappa shape index (κ2) is 8.57. The SMILES string of the molecule is CCOc1ccccc1NC(=O)c1ccnc(NCc2ccccn2)n1. The summed E-state index contributed by atoms with van der Waals surface area (Å²) in [4.78, 5) is 25.1. The molecule has 0 unspecified atom stereocenters. The molecule has 0 fully saturated rings. The number of rotatable bonds is 7. The summed E-state index contributed by atoms with van der Waals surface area (Å²) in [5.74, 6) is 0.646. The van der Waals surface area contributed by atoms with Crippen LogP contribution in [0.4, 0.5) is 11.6 Å². The van der Waals surface area contributed by atoms with Crippen molar-refractivity contribution in [3.05, 3.63) is 72.3 Å². The molecule has 3 aromatic rings. The van der Waals surface area contributed by atoms with Crippen LogP contribution in [0, 0.1) is 0 Å². The third kappa shape index (κ3) is 4.54. The van der Waals surface area contributed by atoms with Gasteiger partial charge in [-0.2, -0.15) is 0 Å². The largest absolute Gasteiger partial charge is 0.492 e. The fraction of sp³-hybridized carbons (Fsp3) is 0.158. The van der Waals surface area contributed by atoms with Gasteiger partial charge in [0.05, 0.1) is 24.5 Å². The number of para-hydroxylation sites is 2. The Bertz CT molecular complexity index is 871. The topological polar surface area (TPSA) is 89.0 Å². The van der Waals surface area contributed by atoms with Crippen LogP contribution in [0.1, 0.15) is 23.1 Å². The van der Waals surface area contributed by atoms with E-state index in [1.54, 1.807) is 24.4 Å². The highest BCUT2D eigenvalue weighted by Gasteiger charge is 2.12. The average Bonchev–Trinajstić information content (AvgIpc) is 2.69. The zero-order valence-corrected chi connectivity index (χ0v) is 14.3. The first-order chi connectivity index (χ1) is 12.8. The van der Waals surface area contributed by atoms with Crippen LogP contribution < -0.4 is 15.4 Å². The van der Waals surface area contributed by atoms with Crippen molar-refractivity contribution in [1.82, 2.24) is 15.0 Å². The highest BCUT2D eigenvalue weighted by atomic mass is 16.5. The fourth-order valence-electron chi connectivity index (χ4n) is 2.28. The molecule has 0 saturated carbocycles. The van der Waals surface area contributed by atoms with Crippen LogP contribution in [0.5, 0.6) is 5.75 Å². The maximum absolute atomic E-state index is 12.5. The highest BCUT2D eigenvalue weighted by molar-refractivity contribution is 6.03. The van der Waals surface area contributed by atoms with Gasteiger partial charge < -0.3 is 15.4 Å². The monoisotopic (exact) mass is 349 g/mol. The lowest BCUT2D eigenvalue weighted by Crippen LogP contribution is -2.16. The van der Waals surface area contributed by atoms with E-state index in [0.29, 0.717) is 30.5 Å². The minimum Gasteiger partial charge on any atom is -0.492 e. The van der Waals surface area contributed by atoms with Crippen molar-refractivity contribution in [3.8, 4) is 5.75 Å². The summed E-state index contributed by atoms with van der Waals surface area (Å²) < 4.78 is 5.52. The molecule has 7 nitrogen and oxygen atoms in total. The molecule has 0 atom stereocenters. The van der Waals surface area contributed by atoms with Crippen LogP contribution >= 0.6 is 0 Å². The van der Waals surface area contributed by atoms with Gasteiger partial charge in [0.15, 0.2) is 0 Å². The van der Waals surface area contributed by atoms with Crippen molar-refractivity contribution in [1.29, 1.82) is 0 Å². The van der Waals surface area contributed by atoms with E-state index in [1.807, 2.05) is 37.3 Å². The quantitative estimate of drug-likeness (QED) is 0.681. The number of hydrogen-bond donors (Lipinski definition) is 2. The van der Waals surface area contributed by atoms with Crippen LogP contribution in [0.2, 0.25) is 0 Å². The molecule has 1 amide bonds. The first-order valence-corrected chi connectivity index (χ1v) is 8.26. The highest BCUT2D eigenvalue weighted by Crippen LogP contribution is 2.24. The van der Waals surface area contributed by atoms with Crippen molar-refractivity contribution in [2.75, 3.05) is 17.2 Å². The number of nitrogens with one attached hydrogen (secondary N) is 2. The summed E-state index contributed by atoms with van der Waals surface area (Å²) in [5, 5.41) is 5.88. The number of nitrogens with zero attached hydrogens (tertiary/aromatic N) is 3. The Morgan fingerprint density at radius 2 is 1.88 bits per heavy atom. The van der Waals surface area contributed by atoms with Gasteiger partial charge in [0.1, 0.15) is 11.4 Å². The summed E-state index contributed by atoms with van der Waals surface area (Å²) in [6, 6.07) is 14.5. The third-order valence-electron chi connectivity index (χ3n) is 3.48. The molecule has 2 aromatic heterocycles. The van der Waals surface area contributed by atoms with Crippen molar-refractivity contribution in [2.45, 2.75) is 13.5 Å². The predicted octanol–water partition coefficient (Wildman–Crippen LogP) is 3.13. The normalized spacial score (nSPS) is 10.2. The fourth-order valence-corrected chi connectivity index (χ4v) is 2.28. The van der Waals surface area contributed by atoms with E-state index in [9.17, 15) is 4.79 Å². The molecule has 0 aliphatic rings. The molecule has 0 aliphatic carbocycles. The molecule has 2 N–H and O–H groups in total. The molecule has 0 radical (unpaired) electrons. The Balaban J connectivity index is 1.68. The Morgan fingerprint density at radius 1 is 1.04 bits per heavy atom. The van der Waals surface area contributed by atoms with Crippen molar-refractivity contribution in [3.63, 3.8) is 0 Å². The lowest BCUT2D eigenvalue weighted by Gasteiger charge is -2.11. The van der Waals surface area contributed by atoms with Crippen LogP contribution in [-0.4, -0.2) is 27.5 Å². The Labute approximate surface area is 151 Å². The first-order valence-electron chi connectivity index (χ1n) is 8.26. The second-order valence-electron chi connectivity index (χ2n) is 5.32. The van der Waals surface area contributed by atoms with E-state index in [4.69, 9.17) is 4.74 Å². The lowest BCUT2D eigenvalue weighted by atomic mass is 10.2. The maximum Gasteiger partial charge on any atom is 0.274 e. The summed E-state index contributed by atoms with van der Waals surface area (Å²) in [6.45, 7) is 2.88. The number of hydrogen-bond acceptors (Lipinski definition) is 6. The van der Waals surface area contributed by atoms with E-state index < -0.39 is 0 Å². The molecule has 0 aliphatic heterocycles. The van der Waals surface area contributed by atoms with E-state index in [1.165, 1.54) is 6.20 Å². The van der Waals surface area contributed by atoms with Crippen LogP contribution in [0.25, 0.3) is 0 Å². The van der Waals surface area contributed by atoms with Crippen LogP contribution in [0.15, 0.2) is 60.9 Å². The van der Waals surface area contributed by atoms with Crippen molar-refractivity contribution >= 4 is 17.5 Å². The standard InChI is InChI=1S/C19H19N5O2/c1-2-26-17-9-4-3-8-15(17)23-18(25)16-10-12-21-19(24-16)22-13-14-7-5-6-11-20-14/h3-12H,2,13H2,1H3,(H,23,25)(H,21,22,24). The molecular formula is C19H19N5O2. The molecule has 0 bridgehead atoms. The van der Waals surface area contributed by atoms with Crippen LogP contribution in [-0.2, 0) is 6.54 Å². The number of ether oxygens (including phenoxy) is 1. The Morgan fingerprint density at radius 3 is 2.69 bits per heavy atom. The minimum absolute atomic E-state index is 0.259. The number of carbonyl (C=O) groups is 1. The van der Waals surface area contributed by atoms with Gasteiger partial charge in [-0.3, -0.25) is 9.78 Å². The van der Waals surface area contributed by atoms with Gasteiger partial charge in [-0.05, 0) is 37.3 Å². The zero-order chi connectivity index (χ0) is 18.2. The molecule has 2 heterocycles. The molecular weight excluding hydrogens is 330 g/mol. The number of carbonyl (C=O) groups excluding carboxylic acids is 1. The van der Waals surface area contributed by atoms with E-state index in [0.717, 1.165) is 5.69 Å². The van der Waals surface area contributed by atoms with Gasteiger partial charge in [-0.25, -0.2) is 9.97 Å². The van der Waals surface area contributed by atoms with Crippen molar-refractivity contribution < 1.29 is 9.53 Å². The Kier molecular flexibility index (Phi) is 5.72. The van der Waals surface area contributed by atoms with Gasteiger partial charge in [0, 0.05) is 12.4 Å². The molecule has 1 aromatic carbocycles. The molecule has 7 heteroatoms. The maximum atomic E-state index is 12.5. The van der Waals surface area contributed by atoms with Gasteiger partial charge >= 0.3 is 0 Å². The molecule has 0 spiro atoms. The summed E-state index contributed by atoms with van der Waals surface area (Å²) in [5.41, 5.74) is 1.72. The second-order valence-corrected chi connectivity index (χ2v) is 5.32. The number of pyridine rings is 1. The number of amides is 1. The molecule has 26 heavy (non-hydrogen) atoms. The molecule has 132 valence electrons. The first kappa shape index (κ1) is 17.3. The van der Waals surface area contributed by atoms with E-state index in [2.05, 4.69) is 25.6 Å². The summed E-state index contributed by atoms with van der Waals surface area (Å²) >= 11 is 0. The molecule has 0 saturated heterocycles. The van der Waals surface area contributed by atoms with E-state index in [-0.39, 0.29) is 11.6 Å². The van der Waals surface area contributed by atoms with Gasteiger partial charge in [-0.15, -0.1) is 0 Å². The van der Waals surface area contributed by atoms with Crippen LogP contribution in [0.3, 0.4) is 0 Å².